The molecule has 0 aliphatic heterocycles. The Labute approximate surface area is 115 Å². The zero-order chi connectivity index (χ0) is 14.5. The SMILES string of the molecule is COc1cccnc1C(Cc1ccccc1F)C(=O)O. The average molecular weight is 275 g/mol. The van der Waals surface area contributed by atoms with E-state index in [0.717, 1.165) is 0 Å². The van der Waals surface area contributed by atoms with Gasteiger partial charge in [-0.2, -0.15) is 0 Å². The first-order chi connectivity index (χ1) is 9.63. The van der Waals surface area contributed by atoms with Crippen molar-refractivity contribution in [1.29, 1.82) is 0 Å². The summed E-state index contributed by atoms with van der Waals surface area (Å²) in [7, 11) is 1.45. The van der Waals surface area contributed by atoms with E-state index in [4.69, 9.17) is 4.74 Å². The second kappa shape index (κ2) is 6.14. The van der Waals surface area contributed by atoms with Crippen molar-refractivity contribution in [2.45, 2.75) is 12.3 Å². The van der Waals surface area contributed by atoms with Crippen LogP contribution in [-0.4, -0.2) is 23.2 Å². The number of methoxy groups -OCH3 is 1. The standard InChI is InChI=1S/C15H14FNO3/c1-20-13-7-4-8-17-14(13)11(15(18)19)9-10-5-2-3-6-12(10)16/h2-8,11H,9H2,1H3,(H,18,19). The number of aliphatic carboxylic acids is 1. The Morgan fingerprint density at radius 1 is 1.35 bits per heavy atom. The fourth-order valence-electron chi connectivity index (χ4n) is 2.02. The van der Waals surface area contributed by atoms with Gasteiger partial charge in [0.15, 0.2) is 0 Å². The molecule has 1 aromatic heterocycles. The highest BCUT2D eigenvalue weighted by Gasteiger charge is 2.26. The summed E-state index contributed by atoms with van der Waals surface area (Å²) >= 11 is 0. The summed E-state index contributed by atoms with van der Waals surface area (Å²) in [5.74, 6) is -2.06. The van der Waals surface area contributed by atoms with E-state index in [0.29, 0.717) is 17.0 Å². The smallest absolute Gasteiger partial charge is 0.313 e. The Hall–Kier alpha value is -2.43. The lowest BCUT2D eigenvalue weighted by atomic mass is 9.95. The van der Waals surface area contributed by atoms with Gasteiger partial charge >= 0.3 is 5.97 Å². The number of carboxylic acids is 1. The summed E-state index contributed by atoms with van der Waals surface area (Å²) in [5.41, 5.74) is 0.637. The maximum absolute atomic E-state index is 13.7. The number of aromatic nitrogens is 1. The Kier molecular flexibility index (Phi) is 4.30. The molecular weight excluding hydrogens is 261 g/mol. The molecule has 20 heavy (non-hydrogen) atoms. The summed E-state index contributed by atoms with van der Waals surface area (Å²) in [6.45, 7) is 0. The minimum Gasteiger partial charge on any atom is -0.495 e. The molecule has 0 fully saturated rings. The third-order valence-electron chi connectivity index (χ3n) is 3.03. The number of benzene rings is 1. The molecule has 1 heterocycles. The molecule has 1 N–H and O–H groups in total. The third-order valence-corrected chi connectivity index (χ3v) is 3.03. The molecule has 2 rings (SSSR count). The van der Waals surface area contributed by atoms with E-state index in [1.54, 1.807) is 30.3 Å². The lowest BCUT2D eigenvalue weighted by Gasteiger charge is -2.15. The highest BCUT2D eigenvalue weighted by Crippen LogP contribution is 2.28. The van der Waals surface area contributed by atoms with Gasteiger partial charge in [-0.25, -0.2) is 4.39 Å². The van der Waals surface area contributed by atoms with Gasteiger partial charge in [0.1, 0.15) is 17.5 Å². The van der Waals surface area contributed by atoms with Crippen LogP contribution in [0.3, 0.4) is 0 Å². The predicted octanol–water partition coefficient (Wildman–Crippen LogP) is 2.64. The van der Waals surface area contributed by atoms with Crippen LogP contribution < -0.4 is 4.74 Å². The quantitative estimate of drug-likeness (QED) is 0.911. The molecule has 0 spiro atoms. The number of pyridine rings is 1. The van der Waals surface area contributed by atoms with Crippen molar-refractivity contribution in [2.24, 2.45) is 0 Å². The highest BCUT2D eigenvalue weighted by molar-refractivity contribution is 5.76. The largest absolute Gasteiger partial charge is 0.495 e. The van der Waals surface area contributed by atoms with Gasteiger partial charge in [-0.3, -0.25) is 9.78 Å². The monoisotopic (exact) mass is 275 g/mol. The molecule has 4 nitrogen and oxygen atoms in total. The summed E-state index contributed by atoms with van der Waals surface area (Å²) < 4.78 is 18.8. The molecule has 1 unspecified atom stereocenters. The highest BCUT2D eigenvalue weighted by atomic mass is 19.1. The minimum absolute atomic E-state index is 0.0232. The van der Waals surface area contributed by atoms with E-state index in [2.05, 4.69) is 4.98 Å². The van der Waals surface area contributed by atoms with Crippen LogP contribution in [0.15, 0.2) is 42.6 Å². The Balaban J connectivity index is 2.37. The fourth-order valence-corrected chi connectivity index (χ4v) is 2.02. The molecule has 104 valence electrons. The summed E-state index contributed by atoms with van der Waals surface area (Å²) in [5, 5.41) is 9.38. The first-order valence-corrected chi connectivity index (χ1v) is 6.08. The summed E-state index contributed by atoms with van der Waals surface area (Å²) in [4.78, 5) is 15.5. The Bertz CT molecular complexity index is 616. The zero-order valence-electron chi connectivity index (χ0n) is 10.9. The average Bonchev–Trinajstić information content (AvgIpc) is 2.46. The van der Waals surface area contributed by atoms with Gasteiger partial charge in [-0.1, -0.05) is 18.2 Å². The van der Waals surface area contributed by atoms with Crippen molar-refractivity contribution in [3.05, 3.63) is 59.7 Å². The van der Waals surface area contributed by atoms with Crippen molar-refractivity contribution < 1.29 is 19.0 Å². The van der Waals surface area contributed by atoms with E-state index < -0.39 is 17.7 Å². The third kappa shape index (κ3) is 2.93. The molecule has 0 radical (unpaired) electrons. The molecule has 1 aromatic carbocycles. The second-order valence-corrected chi connectivity index (χ2v) is 4.28. The van der Waals surface area contributed by atoms with Crippen LogP contribution in [0, 0.1) is 5.82 Å². The van der Waals surface area contributed by atoms with Crippen molar-refractivity contribution in [3.8, 4) is 5.75 Å². The van der Waals surface area contributed by atoms with Crippen molar-refractivity contribution >= 4 is 5.97 Å². The van der Waals surface area contributed by atoms with E-state index in [-0.39, 0.29) is 6.42 Å². The Morgan fingerprint density at radius 2 is 2.10 bits per heavy atom. The minimum atomic E-state index is -1.06. The molecule has 0 aliphatic carbocycles. The van der Waals surface area contributed by atoms with Crippen molar-refractivity contribution in [1.82, 2.24) is 4.98 Å². The number of carboxylic acid groups (broad SMARTS) is 1. The fraction of sp³-hybridized carbons (Fsp3) is 0.200. The normalized spacial score (nSPS) is 11.9. The molecule has 0 bridgehead atoms. The lowest BCUT2D eigenvalue weighted by Crippen LogP contribution is -2.17. The molecular formula is C15H14FNO3. The van der Waals surface area contributed by atoms with Gasteiger partial charge in [0.2, 0.25) is 0 Å². The topological polar surface area (TPSA) is 59.4 Å². The lowest BCUT2D eigenvalue weighted by molar-refractivity contribution is -0.138. The van der Waals surface area contributed by atoms with E-state index >= 15 is 0 Å². The van der Waals surface area contributed by atoms with Crippen LogP contribution >= 0.6 is 0 Å². The zero-order valence-corrected chi connectivity index (χ0v) is 10.9. The van der Waals surface area contributed by atoms with Gasteiger partial charge in [0, 0.05) is 6.20 Å². The van der Waals surface area contributed by atoms with Crippen LogP contribution in [0.4, 0.5) is 4.39 Å². The first kappa shape index (κ1) is 14.0. The van der Waals surface area contributed by atoms with Crippen LogP contribution in [0.25, 0.3) is 0 Å². The second-order valence-electron chi connectivity index (χ2n) is 4.28. The van der Waals surface area contributed by atoms with Crippen LogP contribution in [-0.2, 0) is 11.2 Å². The number of halogens is 1. The maximum atomic E-state index is 13.7. The molecule has 0 aliphatic rings. The number of hydrogen-bond donors (Lipinski definition) is 1. The van der Waals surface area contributed by atoms with Crippen LogP contribution in [0.5, 0.6) is 5.75 Å². The van der Waals surface area contributed by atoms with Gasteiger partial charge in [0.25, 0.3) is 0 Å². The summed E-state index contributed by atoms with van der Waals surface area (Å²) in [6, 6.07) is 9.41. The van der Waals surface area contributed by atoms with Crippen molar-refractivity contribution in [2.75, 3.05) is 7.11 Å². The molecule has 0 amide bonds. The molecule has 1 atom stereocenters. The van der Waals surface area contributed by atoms with Gasteiger partial charge in [0.05, 0.1) is 12.8 Å². The Morgan fingerprint density at radius 3 is 2.75 bits per heavy atom. The van der Waals surface area contributed by atoms with E-state index in [1.807, 2.05) is 0 Å². The number of ether oxygens (including phenoxy) is 1. The van der Waals surface area contributed by atoms with Crippen LogP contribution in [0.1, 0.15) is 17.2 Å². The van der Waals surface area contributed by atoms with Crippen LogP contribution in [0.2, 0.25) is 0 Å². The molecule has 0 saturated carbocycles. The number of hydrogen-bond acceptors (Lipinski definition) is 3. The number of nitrogens with zero attached hydrogens (tertiary/aromatic N) is 1. The van der Waals surface area contributed by atoms with Gasteiger partial charge in [-0.05, 0) is 30.2 Å². The molecule has 5 heteroatoms. The number of rotatable bonds is 5. The van der Waals surface area contributed by atoms with Crippen molar-refractivity contribution in [3.63, 3.8) is 0 Å². The first-order valence-electron chi connectivity index (χ1n) is 6.08. The summed E-state index contributed by atoms with van der Waals surface area (Å²) in [6.07, 6.45) is 1.52. The van der Waals surface area contributed by atoms with Gasteiger partial charge in [-0.15, -0.1) is 0 Å². The van der Waals surface area contributed by atoms with E-state index in [9.17, 15) is 14.3 Å². The maximum Gasteiger partial charge on any atom is 0.313 e. The number of carbonyl (C=O) groups is 1. The molecule has 0 saturated heterocycles. The van der Waals surface area contributed by atoms with Gasteiger partial charge < -0.3 is 9.84 Å². The van der Waals surface area contributed by atoms with E-state index in [1.165, 1.54) is 19.4 Å². The molecule has 2 aromatic rings. The predicted molar refractivity (Wildman–Crippen MR) is 71.3 cm³/mol.